The lowest BCUT2D eigenvalue weighted by molar-refractivity contribution is 1.01. The molecule has 64 valence electrons. The van der Waals surface area contributed by atoms with E-state index in [0.29, 0.717) is 11.5 Å². The average molecular weight is 171 g/mol. The van der Waals surface area contributed by atoms with Crippen LogP contribution >= 0.6 is 0 Å². The lowest BCUT2D eigenvalue weighted by Crippen LogP contribution is -2.13. The van der Waals surface area contributed by atoms with Crippen LogP contribution in [0.25, 0.3) is 0 Å². The van der Waals surface area contributed by atoms with Gasteiger partial charge in [0.2, 0.25) is 0 Å². The van der Waals surface area contributed by atoms with E-state index in [1.54, 1.807) is 18.2 Å². The first kappa shape index (κ1) is 9.09. The molecule has 0 spiro atoms. The number of anilines is 1. The highest BCUT2D eigenvalue weighted by Gasteiger charge is 1.98. The third-order valence-corrected chi connectivity index (χ3v) is 1.48. The summed E-state index contributed by atoms with van der Waals surface area (Å²) in [5.74, 6) is 3.15. The predicted octanol–water partition coefficient (Wildman–Crippen LogP) is 1.39. The number of hydrogen-bond acceptors (Lipinski definition) is 3. The van der Waals surface area contributed by atoms with Crippen LogP contribution in [-0.2, 0) is 0 Å². The fourth-order valence-corrected chi connectivity index (χ4v) is 0.841. The Morgan fingerprint density at radius 1 is 1.62 bits per heavy atom. The summed E-state index contributed by atoms with van der Waals surface area (Å²) in [5, 5.41) is 11.5. The van der Waals surface area contributed by atoms with E-state index in [1.807, 2.05) is 13.0 Å². The van der Waals surface area contributed by atoms with Crippen LogP contribution in [0.1, 0.15) is 12.6 Å². The van der Waals surface area contributed by atoms with E-state index in [2.05, 4.69) is 16.2 Å². The molecular weight excluding hydrogens is 162 g/mol. The average Bonchev–Trinajstić information content (AvgIpc) is 2.18. The van der Waals surface area contributed by atoms with Crippen molar-refractivity contribution in [1.29, 1.82) is 5.26 Å². The maximum absolute atomic E-state index is 8.57. The maximum atomic E-state index is 8.57. The molecule has 0 bridgehead atoms. The van der Waals surface area contributed by atoms with E-state index < -0.39 is 0 Å². The van der Waals surface area contributed by atoms with Gasteiger partial charge in [-0.2, -0.15) is 5.26 Å². The van der Waals surface area contributed by atoms with Crippen LogP contribution < -0.4 is 5.32 Å². The standard InChI is InChI=1S/C10H9N3/c1-3-8(2)12-10-6-4-5-9(7-11)13-10/h1,4-6,8H,2H3,(H,12,13). The summed E-state index contributed by atoms with van der Waals surface area (Å²) in [6.45, 7) is 1.85. The number of nitriles is 1. The minimum atomic E-state index is -0.0820. The Hall–Kier alpha value is -2.00. The fraction of sp³-hybridized carbons (Fsp3) is 0.200. The lowest BCUT2D eigenvalue weighted by atomic mass is 10.3. The van der Waals surface area contributed by atoms with Crippen molar-refractivity contribution in [3.8, 4) is 18.4 Å². The molecular formula is C10H9N3. The van der Waals surface area contributed by atoms with Gasteiger partial charge >= 0.3 is 0 Å². The highest BCUT2D eigenvalue weighted by molar-refractivity contribution is 5.40. The number of hydrogen-bond donors (Lipinski definition) is 1. The smallest absolute Gasteiger partial charge is 0.142 e. The third kappa shape index (κ3) is 2.50. The Morgan fingerprint density at radius 3 is 3.00 bits per heavy atom. The van der Waals surface area contributed by atoms with Gasteiger partial charge in [-0.3, -0.25) is 0 Å². The van der Waals surface area contributed by atoms with Crippen molar-refractivity contribution in [3.63, 3.8) is 0 Å². The monoisotopic (exact) mass is 171 g/mol. The summed E-state index contributed by atoms with van der Waals surface area (Å²) in [4.78, 5) is 4.01. The van der Waals surface area contributed by atoms with E-state index >= 15 is 0 Å². The SMILES string of the molecule is C#CC(C)Nc1cccc(C#N)n1. The highest BCUT2D eigenvalue weighted by atomic mass is 15.0. The Morgan fingerprint density at radius 2 is 2.38 bits per heavy atom. The Labute approximate surface area is 77.4 Å². The van der Waals surface area contributed by atoms with Crippen LogP contribution in [0.5, 0.6) is 0 Å². The second kappa shape index (κ2) is 4.13. The number of terminal acetylenes is 1. The second-order valence-corrected chi connectivity index (χ2v) is 2.55. The van der Waals surface area contributed by atoms with E-state index in [0.717, 1.165) is 0 Å². The summed E-state index contributed by atoms with van der Waals surface area (Å²) in [6.07, 6.45) is 5.19. The maximum Gasteiger partial charge on any atom is 0.142 e. The Balaban J connectivity index is 2.80. The minimum absolute atomic E-state index is 0.0820. The molecule has 0 aliphatic heterocycles. The first-order chi connectivity index (χ1) is 6.26. The molecule has 0 saturated heterocycles. The van der Waals surface area contributed by atoms with E-state index in [9.17, 15) is 0 Å². The molecule has 0 aliphatic rings. The van der Waals surface area contributed by atoms with Crippen LogP contribution in [-0.4, -0.2) is 11.0 Å². The van der Waals surface area contributed by atoms with Crippen LogP contribution in [0, 0.1) is 23.7 Å². The quantitative estimate of drug-likeness (QED) is 0.684. The zero-order valence-electron chi connectivity index (χ0n) is 7.28. The third-order valence-electron chi connectivity index (χ3n) is 1.48. The van der Waals surface area contributed by atoms with Crippen molar-refractivity contribution in [2.75, 3.05) is 5.32 Å². The van der Waals surface area contributed by atoms with Crippen molar-refractivity contribution < 1.29 is 0 Å². The van der Waals surface area contributed by atoms with Crippen molar-refractivity contribution >= 4 is 5.82 Å². The molecule has 1 rings (SSSR count). The molecule has 3 nitrogen and oxygen atoms in total. The normalized spacial score (nSPS) is 11.0. The molecule has 13 heavy (non-hydrogen) atoms. The number of pyridine rings is 1. The molecule has 0 amide bonds. The van der Waals surface area contributed by atoms with Crippen LogP contribution in [0.15, 0.2) is 18.2 Å². The van der Waals surface area contributed by atoms with Gasteiger partial charge in [-0.05, 0) is 19.1 Å². The largest absolute Gasteiger partial charge is 0.357 e. The molecule has 1 N–H and O–H groups in total. The van der Waals surface area contributed by atoms with Crippen LogP contribution in [0.4, 0.5) is 5.82 Å². The first-order valence-corrected chi connectivity index (χ1v) is 3.86. The second-order valence-electron chi connectivity index (χ2n) is 2.55. The molecule has 0 radical (unpaired) electrons. The van der Waals surface area contributed by atoms with Gasteiger partial charge in [0.25, 0.3) is 0 Å². The molecule has 1 unspecified atom stereocenters. The van der Waals surface area contributed by atoms with E-state index in [-0.39, 0.29) is 6.04 Å². The summed E-state index contributed by atoms with van der Waals surface area (Å²) in [5.41, 5.74) is 0.384. The molecule has 1 aromatic heterocycles. The van der Waals surface area contributed by atoms with Crippen molar-refractivity contribution in [2.24, 2.45) is 0 Å². The molecule has 1 heterocycles. The molecule has 1 aromatic rings. The van der Waals surface area contributed by atoms with Gasteiger partial charge in [0, 0.05) is 0 Å². The van der Waals surface area contributed by atoms with Gasteiger partial charge in [-0.25, -0.2) is 4.98 Å². The van der Waals surface area contributed by atoms with Crippen molar-refractivity contribution in [3.05, 3.63) is 23.9 Å². The van der Waals surface area contributed by atoms with Gasteiger partial charge < -0.3 is 5.32 Å². The Kier molecular flexibility index (Phi) is 2.89. The number of rotatable bonds is 2. The topological polar surface area (TPSA) is 48.7 Å². The Bertz CT molecular complexity index is 370. The highest BCUT2D eigenvalue weighted by Crippen LogP contribution is 2.04. The summed E-state index contributed by atoms with van der Waals surface area (Å²) >= 11 is 0. The lowest BCUT2D eigenvalue weighted by Gasteiger charge is -2.07. The van der Waals surface area contributed by atoms with Gasteiger partial charge in [0.15, 0.2) is 0 Å². The minimum Gasteiger partial charge on any atom is -0.357 e. The van der Waals surface area contributed by atoms with Crippen molar-refractivity contribution in [2.45, 2.75) is 13.0 Å². The van der Waals surface area contributed by atoms with E-state index in [4.69, 9.17) is 11.7 Å². The molecule has 1 atom stereocenters. The molecule has 0 aromatic carbocycles. The first-order valence-electron chi connectivity index (χ1n) is 3.86. The van der Waals surface area contributed by atoms with Crippen LogP contribution in [0.2, 0.25) is 0 Å². The van der Waals surface area contributed by atoms with Crippen LogP contribution in [0.3, 0.4) is 0 Å². The summed E-state index contributed by atoms with van der Waals surface area (Å²) in [7, 11) is 0. The van der Waals surface area contributed by atoms with Gasteiger partial charge in [-0.1, -0.05) is 12.0 Å². The van der Waals surface area contributed by atoms with Crippen molar-refractivity contribution in [1.82, 2.24) is 4.98 Å². The molecule has 0 aliphatic carbocycles. The molecule has 3 heteroatoms. The number of nitrogens with one attached hydrogen (secondary N) is 1. The molecule has 0 fully saturated rings. The van der Waals surface area contributed by atoms with Gasteiger partial charge in [0.05, 0.1) is 6.04 Å². The van der Waals surface area contributed by atoms with Gasteiger partial charge in [-0.15, -0.1) is 6.42 Å². The summed E-state index contributed by atoms with van der Waals surface area (Å²) < 4.78 is 0. The zero-order chi connectivity index (χ0) is 9.68. The zero-order valence-corrected chi connectivity index (χ0v) is 7.28. The number of nitrogens with zero attached hydrogens (tertiary/aromatic N) is 2. The molecule has 0 saturated carbocycles. The van der Waals surface area contributed by atoms with E-state index in [1.165, 1.54) is 0 Å². The van der Waals surface area contributed by atoms with Gasteiger partial charge in [0.1, 0.15) is 17.6 Å². The number of aromatic nitrogens is 1. The predicted molar refractivity (Wildman–Crippen MR) is 50.9 cm³/mol. The fourth-order valence-electron chi connectivity index (χ4n) is 0.841. The summed E-state index contributed by atoms with van der Waals surface area (Å²) in [6, 6.07) is 7.05.